The zero-order chi connectivity index (χ0) is 20.9. The molecule has 4 heterocycles. The molecule has 1 aromatic rings. The molecular weight excluding hydrogens is 386 g/mol. The Morgan fingerprint density at radius 2 is 1.50 bits per heavy atom. The van der Waals surface area contributed by atoms with Crippen molar-refractivity contribution in [1.29, 1.82) is 0 Å². The van der Waals surface area contributed by atoms with E-state index in [0.29, 0.717) is 63.7 Å². The number of hydrogen-bond acceptors (Lipinski definition) is 6. The van der Waals surface area contributed by atoms with Crippen LogP contribution in [-0.2, 0) is 9.53 Å². The van der Waals surface area contributed by atoms with E-state index in [1.807, 2.05) is 9.80 Å². The number of rotatable bonds is 6. The number of ketones is 1. The third kappa shape index (κ3) is 5.08. The molecule has 0 spiro atoms. The van der Waals surface area contributed by atoms with Crippen LogP contribution < -0.4 is 0 Å². The molecule has 3 aliphatic heterocycles. The average molecular weight is 418 g/mol. The van der Waals surface area contributed by atoms with Gasteiger partial charge in [0.25, 0.3) is 5.91 Å². The highest BCUT2D eigenvalue weighted by Crippen LogP contribution is 2.14. The molecule has 9 nitrogen and oxygen atoms in total. The fourth-order valence-electron chi connectivity index (χ4n) is 4.27. The molecule has 4 rings (SSSR count). The summed E-state index contributed by atoms with van der Waals surface area (Å²) in [4.78, 5) is 48.5. The first-order chi connectivity index (χ1) is 14.6. The lowest BCUT2D eigenvalue weighted by Crippen LogP contribution is -2.52. The van der Waals surface area contributed by atoms with Gasteiger partial charge in [-0.3, -0.25) is 24.2 Å². The highest BCUT2D eigenvalue weighted by Gasteiger charge is 2.26. The second-order valence-electron chi connectivity index (χ2n) is 8.27. The number of Topliss-reactive ketones (excluding diaryl/α,β-unsaturated/α-hetero) is 1. The van der Waals surface area contributed by atoms with E-state index in [1.165, 1.54) is 0 Å². The van der Waals surface area contributed by atoms with Crippen LogP contribution in [0.2, 0.25) is 0 Å². The Balaban J connectivity index is 1.22. The van der Waals surface area contributed by atoms with Crippen LogP contribution in [0.4, 0.5) is 0 Å². The van der Waals surface area contributed by atoms with E-state index in [2.05, 4.69) is 14.8 Å². The standard InChI is InChI=1S/C21H31N5O4/c27-19(17-13-18(22-14-17)21(29)26-3-1-2-4-26)15-23-5-7-25(8-6-23)20(28)16-24-9-11-30-12-10-24/h13-14,22H,1-12,15-16H2. The van der Waals surface area contributed by atoms with Gasteiger partial charge in [0.15, 0.2) is 5.78 Å². The molecule has 0 bridgehead atoms. The van der Waals surface area contributed by atoms with Gasteiger partial charge in [-0.2, -0.15) is 0 Å². The van der Waals surface area contributed by atoms with Crippen molar-refractivity contribution in [3.63, 3.8) is 0 Å². The predicted octanol–water partition coefficient (Wildman–Crippen LogP) is -0.0902. The highest BCUT2D eigenvalue weighted by molar-refractivity contribution is 6.01. The number of aromatic nitrogens is 1. The maximum atomic E-state index is 12.7. The lowest BCUT2D eigenvalue weighted by atomic mass is 10.2. The Morgan fingerprint density at radius 1 is 0.833 bits per heavy atom. The van der Waals surface area contributed by atoms with Crippen LogP contribution in [0.25, 0.3) is 0 Å². The topological polar surface area (TPSA) is 89.2 Å². The quantitative estimate of drug-likeness (QED) is 0.651. The fourth-order valence-corrected chi connectivity index (χ4v) is 4.27. The minimum atomic E-state index is -0.0288. The number of amides is 2. The summed E-state index contributed by atoms with van der Waals surface area (Å²) in [5.41, 5.74) is 1.03. The second-order valence-corrected chi connectivity index (χ2v) is 8.27. The van der Waals surface area contributed by atoms with Gasteiger partial charge in [-0.15, -0.1) is 0 Å². The molecule has 0 aromatic carbocycles. The van der Waals surface area contributed by atoms with Gasteiger partial charge in [0, 0.05) is 64.1 Å². The lowest BCUT2D eigenvalue weighted by Gasteiger charge is -2.36. The van der Waals surface area contributed by atoms with Gasteiger partial charge in [-0.1, -0.05) is 0 Å². The number of aromatic amines is 1. The first-order valence-corrected chi connectivity index (χ1v) is 10.9. The van der Waals surface area contributed by atoms with Crippen molar-refractivity contribution in [3.8, 4) is 0 Å². The summed E-state index contributed by atoms with van der Waals surface area (Å²) in [6.45, 7) is 7.96. The van der Waals surface area contributed by atoms with Gasteiger partial charge in [0.1, 0.15) is 5.69 Å². The Hall–Kier alpha value is -2.23. The number of carbonyl (C=O) groups is 3. The maximum Gasteiger partial charge on any atom is 0.270 e. The summed E-state index contributed by atoms with van der Waals surface area (Å²) in [6.07, 6.45) is 3.71. The molecule has 3 fully saturated rings. The minimum absolute atomic E-state index is 0.000171. The van der Waals surface area contributed by atoms with Gasteiger partial charge < -0.3 is 19.5 Å². The molecule has 30 heavy (non-hydrogen) atoms. The van der Waals surface area contributed by atoms with Crippen LogP contribution in [-0.4, -0.2) is 121 Å². The van der Waals surface area contributed by atoms with E-state index in [-0.39, 0.29) is 17.6 Å². The SMILES string of the molecule is O=C(CN1CCN(C(=O)CN2CCOCC2)CC1)c1c[nH]c(C(=O)N2CCCC2)c1. The third-order valence-corrected chi connectivity index (χ3v) is 6.18. The van der Waals surface area contributed by atoms with Gasteiger partial charge in [0.05, 0.1) is 26.3 Å². The van der Waals surface area contributed by atoms with Crippen LogP contribution in [0, 0.1) is 0 Å². The summed E-state index contributed by atoms with van der Waals surface area (Å²) in [5.74, 6) is 0.123. The van der Waals surface area contributed by atoms with Gasteiger partial charge in [-0.25, -0.2) is 0 Å². The van der Waals surface area contributed by atoms with E-state index >= 15 is 0 Å². The molecule has 1 N–H and O–H groups in total. The van der Waals surface area contributed by atoms with E-state index < -0.39 is 0 Å². The molecule has 0 atom stereocenters. The highest BCUT2D eigenvalue weighted by atomic mass is 16.5. The van der Waals surface area contributed by atoms with E-state index in [1.54, 1.807) is 12.3 Å². The molecule has 0 aliphatic carbocycles. The molecule has 3 aliphatic rings. The number of carbonyl (C=O) groups excluding carboxylic acids is 3. The second kappa shape index (κ2) is 9.72. The summed E-state index contributed by atoms with van der Waals surface area (Å²) >= 11 is 0. The normalized spacial score (nSPS) is 21.2. The Kier molecular flexibility index (Phi) is 6.81. The van der Waals surface area contributed by atoms with Crippen molar-refractivity contribution in [2.24, 2.45) is 0 Å². The number of nitrogens with one attached hydrogen (secondary N) is 1. The molecule has 0 unspecified atom stereocenters. The van der Waals surface area contributed by atoms with Crippen LogP contribution in [0.5, 0.6) is 0 Å². The Morgan fingerprint density at radius 3 is 2.20 bits per heavy atom. The number of hydrogen-bond donors (Lipinski definition) is 1. The summed E-state index contributed by atoms with van der Waals surface area (Å²) < 4.78 is 5.33. The van der Waals surface area contributed by atoms with Crippen LogP contribution in [0.1, 0.15) is 33.7 Å². The Bertz CT molecular complexity index is 759. The fraction of sp³-hybridized carbons (Fsp3) is 0.667. The molecular formula is C21H31N5O4. The largest absolute Gasteiger partial charge is 0.379 e. The van der Waals surface area contributed by atoms with Crippen molar-refractivity contribution < 1.29 is 19.1 Å². The van der Waals surface area contributed by atoms with Crippen LogP contribution >= 0.6 is 0 Å². The minimum Gasteiger partial charge on any atom is -0.379 e. The van der Waals surface area contributed by atoms with Crippen molar-refractivity contribution in [2.75, 3.05) is 78.7 Å². The number of ether oxygens (including phenoxy) is 1. The summed E-state index contributed by atoms with van der Waals surface area (Å²) in [5, 5.41) is 0. The first-order valence-electron chi connectivity index (χ1n) is 10.9. The molecule has 0 saturated carbocycles. The van der Waals surface area contributed by atoms with E-state index in [9.17, 15) is 14.4 Å². The zero-order valence-corrected chi connectivity index (χ0v) is 17.5. The maximum absolute atomic E-state index is 12.7. The number of morpholine rings is 1. The molecule has 2 amide bonds. The number of nitrogens with zero attached hydrogens (tertiary/aromatic N) is 4. The van der Waals surface area contributed by atoms with Crippen LogP contribution in [0.15, 0.2) is 12.3 Å². The molecule has 0 radical (unpaired) electrons. The van der Waals surface area contributed by atoms with Gasteiger partial charge in [0.2, 0.25) is 5.91 Å². The van der Waals surface area contributed by atoms with Crippen molar-refractivity contribution >= 4 is 17.6 Å². The van der Waals surface area contributed by atoms with Gasteiger partial charge >= 0.3 is 0 Å². The first kappa shape index (κ1) is 21.0. The number of piperazine rings is 1. The van der Waals surface area contributed by atoms with E-state index in [0.717, 1.165) is 39.0 Å². The molecule has 1 aromatic heterocycles. The van der Waals surface area contributed by atoms with Gasteiger partial charge in [-0.05, 0) is 18.9 Å². The number of likely N-dealkylation sites (tertiary alicyclic amines) is 1. The average Bonchev–Trinajstić information content (AvgIpc) is 3.47. The van der Waals surface area contributed by atoms with Crippen molar-refractivity contribution in [3.05, 3.63) is 23.5 Å². The predicted molar refractivity (Wildman–Crippen MR) is 111 cm³/mol. The third-order valence-electron chi connectivity index (χ3n) is 6.18. The summed E-state index contributed by atoms with van der Waals surface area (Å²) in [7, 11) is 0. The smallest absolute Gasteiger partial charge is 0.270 e. The number of H-pyrrole nitrogens is 1. The van der Waals surface area contributed by atoms with E-state index in [4.69, 9.17) is 4.74 Å². The molecule has 3 saturated heterocycles. The summed E-state index contributed by atoms with van der Waals surface area (Å²) in [6, 6.07) is 1.67. The zero-order valence-electron chi connectivity index (χ0n) is 17.5. The van der Waals surface area contributed by atoms with Crippen molar-refractivity contribution in [1.82, 2.24) is 24.6 Å². The lowest BCUT2D eigenvalue weighted by molar-refractivity contribution is -0.135. The molecule has 164 valence electrons. The Labute approximate surface area is 176 Å². The molecule has 9 heteroatoms. The van der Waals surface area contributed by atoms with Crippen molar-refractivity contribution in [2.45, 2.75) is 12.8 Å². The van der Waals surface area contributed by atoms with Crippen LogP contribution in [0.3, 0.4) is 0 Å². The monoisotopic (exact) mass is 417 g/mol.